The zero-order chi connectivity index (χ0) is 21.4. The number of benzene rings is 1. The second-order valence-electron chi connectivity index (χ2n) is 7.64. The molecule has 0 spiro atoms. The van der Waals surface area contributed by atoms with E-state index in [-0.39, 0.29) is 17.7 Å². The summed E-state index contributed by atoms with van der Waals surface area (Å²) in [6.07, 6.45) is 4.73. The Kier molecular flexibility index (Phi) is 5.64. The Bertz CT molecular complexity index is 1390. The molecular formula is C22H22N4O3S2. The lowest BCUT2D eigenvalue weighted by molar-refractivity contribution is 0.276. The fourth-order valence-corrected chi connectivity index (χ4v) is 6.27. The largest absolute Gasteiger partial charge is 0.396 e. The molecule has 0 radical (unpaired) electrons. The number of rotatable bonds is 6. The highest BCUT2D eigenvalue weighted by molar-refractivity contribution is 7.98. The number of nitrogens with zero attached hydrogens (tertiary/aromatic N) is 3. The minimum absolute atomic E-state index is 0.00202. The number of thioether (sulfide) groups is 1. The van der Waals surface area contributed by atoms with Gasteiger partial charge in [0.05, 0.1) is 22.0 Å². The van der Waals surface area contributed by atoms with Crippen molar-refractivity contribution in [1.82, 2.24) is 19.5 Å². The van der Waals surface area contributed by atoms with Crippen molar-refractivity contribution >= 4 is 44.2 Å². The number of aromatic nitrogens is 4. The fraction of sp³-hybridized carbons (Fsp3) is 0.364. The van der Waals surface area contributed by atoms with E-state index in [1.54, 1.807) is 22.0 Å². The molecule has 1 aliphatic rings. The third-order valence-electron chi connectivity index (χ3n) is 5.58. The Morgan fingerprint density at radius 3 is 2.87 bits per heavy atom. The van der Waals surface area contributed by atoms with E-state index >= 15 is 0 Å². The van der Waals surface area contributed by atoms with Crippen LogP contribution in [0.4, 0.5) is 0 Å². The molecule has 2 N–H and O–H groups in total. The van der Waals surface area contributed by atoms with E-state index in [1.807, 2.05) is 18.2 Å². The maximum Gasteiger partial charge on any atom is 0.262 e. The Labute approximate surface area is 186 Å². The van der Waals surface area contributed by atoms with Gasteiger partial charge in [0.15, 0.2) is 5.16 Å². The van der Waals surface area contributed by atoms with E-state index < -0.39 is 0 Å². The van der Waals surface area contributed by atoms with E-state index in [9.17, 15) is 14.7 Å². The van der Waals surface area contributed by atoms with Crippen molar-refractivity contribution < 1.29 is 5.11 Å². The average Bonchev–Trinajstić information content (AvgIpc) is 3.16. The summed E-state index contributed by atoms with van der Waals surface area (Å²) < 4.78 is 1.60. The molecule has 7 nitrogen and oxygen atoms in total. The molecule has 0 unspecified atom stereocenters. The Morgan fingerprint density at radius 1 is 1.16 bits per heavy atom. The van der Waals surface area contributed by atoms with Crippen LogP contribution in [0.1, 0.15) is 35.5 Å². The first-order valence-electron chi connectivity index (χ1n) is 10.4. The zero-order valence-electron chi connectivity index (χ0n) is 16.9. The number of hydrogen-bond acceptors (Lipinski definition) is 7. The highest BCUT2D eigenvalue weighted by Crippen LogP contribution is 2.33. The first kappa shape index (κ1) is 20.4. The van der Waals surface area contributed by atoms with E-state index in [0.29, 0.717) is 40.6 Å². The first-order valence-corrected chi connectivity index (χ1v) is 12.2. The van der Waals surface area contributed by atoms with E-state index in [2.05, 4.69) is 9.97 Å². The van der Waals surface area contributed by atoms with Crippen molar-refractivity contribution in [3.8, 4) is 0 Å². The standard InChI is InChI=1S/C22H22N4O3S2/c27-11-5-10-26-21(29)13-6-1-3-8-15(13)23-22(26)30-12-17-24-19(28)18-14-7-2-4-9-16(14)31-20(18)25-17/h1,3,6,8,27H,2,4-5,7,9-12H2,(H,24,25,28). The molecule has 0 aliphatic heterocycles. The highest BCUT2D eigenvalue weighted by Gasteiger charge is 2.20. The van der Waals surface area contributed by atoms with Crippen molar-refractivity contribution in [3.05, 3.63) is 61.2 Å². The molecule has 1 aromatic carbocycles. The van der Waals surface area contributed by atoms with Gasteiger partial charge in [-0.05, 0) is 49.8 Å². The van der Waals surface area contributed by atoms with E-state index in [4.69, 9.17) is 4.98 Å². The lowest BCUT2D eigenvalue weighted by Gasteiger charge is -2.12. The summed E-state index contributed by atoms with van der Waals surface area (Å²) in [4.78, 5) is 40.2. The molecular weight excluding hydrogens is 432 g/mol. The van der Waals surface area contributed by atoms with Gasteiger partial charge in [0, 0.05) is 18.0 Å². The van der Waals surface area contributed by atoms with Gasteiger partial charge in [0.1, 0.15) is 10.7 Å². The van der Waals surface area contributed by atoms with Gasteiger partial charge in [0.25, 0.3) is 11.1 Å². The van der Waals surface area contributed by atoms with Gasteiger partial charge in [-0.3, -0.25) is 14.2 Å². The van der Waals surface area contributed by atoms with Crippen LogP contribution in [0.5, 0.6) is 0 Å². The Morgan fingerprint density at radius 2 is 2.00 bits per heavy atom. The van der Waals surface area contributed by atoms with Crippen molar-refractivity contribution in [2.75, 3.05) is 6.61 Å². The van der Waals surface area contributed by atoms with Crippen molar-refractivity contribution in [3.63, 3.8) is 0 Å². The van der Waals surface area contributed by atoms with Crippen LogP contribution in [0.15, 0.2) is 39.0 Å². The molecule has 5 rings (SSSR count). The lowest BCUT2D eigenvalue weighted by atomic mass is 9.97. The monoisotopic (exact) mass is 454 g/mol. The third-order valence-corrected chi connectivity index (χ3v) is 7.75. The van der Waals surface area contributed by atoms with Gasteiger partial charge < -0.3 is 10.1 Å². The van der Waals surface area contributed by atoms with Gasteiger partial charge in [0.2, 0.25) is 0 Å². The number of aliphatic hydroxyl groups is 1. The molecule has 4 aromatic rings. The normalized spacial score (nSPS) is 13.7. The molecule has 0 saturated heterocycles. The Hall–Kier alpha value is -2.49. The number of aromatic amines is 1. The number of aliphatic hydroxyl groups excluding tert-OH is 1. The molecule has 3 heterocycles. The van der Waals surface area contributed by atoms with Crippen molar-refractivity contribution in [2.24, 2.45) is 0 Å². The zero-order valence-corrected chi connectivity index (χ0v) is 18.5. The molecule has 31 heavy (non-hydrogen) atoms. The predicted molar refractivity (Wildman–Crippen MR) is 124 cm³/mol. The van der Waals surface area contributed by atoms with Gasteiger partial charge in [-0.25, -0.2) is 9.97 Å². The average molecular weight is 455 g/mol. The highest BCUT2D eigenvalue weighted by atomic mass is 32.2. The quantitative estimate of drug-likeness (QED) is 0.343. The van der Waals surface area contributed by atoms with Crippen LogP contribution in [0.25, 0.3) is 21.1 Å². The molecule has 3 aromatic heterocycles. The topological polar surface area (TPSA) is 101 Å². The van der Waals surface area contributed by atoms with E-state index in [0.717, 1.165) is 29.5 Å². The summed E-state index contributed by atoms with van der Waals surface area (Å²) in [6.45, 7) is 0.383. The molecule has 0 amide bonds. The number of thiophene rings is 1. The first-order chi connectivity index (χ1) is 15.2. The molecule has 0 saturated carbocycles. The van der Waals surface area contributed by atoms with Crippen LogP contribution >= 0.6 is 23.1 Å². The minimum atomic E-state index is -0.121. The van der Waals surface area contributed by atoms with Crippen LogP contribution in [0, 0.1) is 0 Å². The van der Waals surface area contributed by atoms with E-state index in [1.165, 1.54) is 28.6 Å². The van der Waals surface area contributed by atoms with Crippen LogP contribution < -0.4 is 11.1 Å². The number of nitrogens with one attached hydrogen (secondary N) is 1. The predicted octanol–water partition coefficient (Wildman–Crippen LogP) is 3.25. The molecule has 0 fully saturated rings. The summed E-state index contributed by atoms with van der Waals surface area (Å²) in [7, 11) is 0. The third kappa shape index (κ3) is 3.81. The van der Waals surface area contributed by atoms with Gasteiger partial charge >= 0.3 is 0 Å². The van der Waals surface area contributed by atoms with Crippen LogP contribution in [-0.2, 0) is 25.1 Å². The van der Waals surface area contributed by atoms with Crippen LogP contribution in [0.3, 0.4) is 0 Å². The smallest absolute Gasteiger partial charge is 0.262 e. The van der Waals surface area contributed by atoms with Gasteiger partial charge in [-0.2, -0.15) is 0 Å². The molecule has 0 bridgehead atoms. The minimum Gasteiger partial charge on any atom is -0.396 e. The molecule has 0 atom stereocenters. The maximum atomic E-state index is 13.0. The molecule has 1 aliphatic carbocycles. The maximum absolute atomic E-state index is 13.0. The summed E-state index contributed by atoms with van der Waals surface area (Å²) in [5.74, 6) is 0.981. The summed E-state index contributed by atoms with van der Waals surface area (Å²) >= 11 is 3.00. The number of hydrogen-bond donors (Lipinski definition) is 2. The molecule has 160 valence electrons. The van der Waals surface area contributed by atoms with Crippen LogP contribution in [-0.4, -0.2) is 31.2 Å². The lowest BCUT2D eigenvalue weighted by Crippen LogP contribution is -2.24. The second kappa shape index (κ2) is 8.57. The molecule has 9 heteroatoms. The fourth-order valence-electron chi connectivity index (χ4n) is 4.09. The number of aryl methyl sites for hydroxylation is 2. The van der Waals surface area contributed by atoms with Crippen molar-refractivity contribution in [2.45, 2.75) is 49.6 Å². The van der Waals surface area contributed by atoms with Gasteiger partial charge in [-0.1, -0.05) is 23.9 Å². The summed E-state index contributed by atoms with van der Waals surface area (Å²) in [5.41, 5.74) is 1.61. The summed E-state index contributed by atoms with van der Waals surface area (Å²) in [6, 6.07) is 7.26. The SMILES string of the molecule is O=c1[nH]c(CSc2nc3ccccc3c(=O)n2CCCO)nc2sc3c(c12)CCCC3. The number of H-pyrrole nitrogens is 1. The summed E-state index contributed by atoms with van der Waals surface area (Å²) in [5, 5.41) is 11.1. The Balaban J connectivity index is 1.50. The number of para-hydroxylation sites is 1. The van der Waals surface area contributed by atoms with Gasteiger partial charge in [-0.15, -0.1) is 11.3 Å². The second-order valence-corrected chi connectivity index (χ2v) is 9.66. The van der Waals surface area contributed by atoms with Crippen molar-refractivity contribution in [1.29, 1.82) is 0 Å². The number of fused-ring (bicyclic) bond motifs is 4. The van der Waals surface area contributed by atoms with Crippen LogP contribution in [0.2, 0.25) is 0 Å².